The van der Waals surface area contributed by atoms with Gasteiger partial charge in [-0.15, -0.1) is 0 Å². The molecule has 0 saturated carbocycles. The van der Waals surface area contributed by atoms with Crippen LogP contribution >= 0.6 is 15.9 Å². The Hall–Kier alpha value is -2.40. The molecule has 0 atom stereocenters. The zero-order valence-electron chi connectivity index (χ0n) is 12.0. The normalized spacial score (nSPS) is 10.3. The molecule has 3 rings (SSSR count). The molecule has 0 saturated heterocycles. The van der Waals surface area contributed by atoms with Crippen molar-refractivity contribution in [3.63, 3.8) is 0 Å². The molecular weight excluding hydrogens is 340 g/mol. The number of benzene rings is 2. The minimum atomic E-state index is 0.704. The number of aromatic nitrogens is 2. The van der Waals surface area contributed by atoms with Gasteiger partial charge in [0, 0.05) is 16.2 Å². The largest absolute Gasteiger partial charge is 0.340 e. The first-order chi connectivity index (χ1) is 10.7. The van der Waals surface area contributed by atoms with E-state index in [4.69, 9.17) is 0 Å². The Morgan fingerprint density at radius 2 is 1.45 bits per heavy atom. The minimum Gasteiger partial charge on any atom is -0.340 e. The summed E-state index contributed by atoms with van der Waals surface area (Å²) >= 11 is 3.52. The lowest BCUT2D eigenvalue weighted by Gasteiger charge is -2.11. The van der Waals surface area contributed by atoms with Crippen molar-refractivity contribution in [1.29, 1.82) is 0 Å². The van der Waals surface area contributed by atoms with Crippen LogP contribution in [0, 0.1) is 6.92 Å². The number of para-hydroxylation sites is 2. The average Bonchev–Trinajstić information content (AvgIpc) is 2.50. The van der Waals surface area contributed by atoms with Crippen molar-refractivity contribution in [2.45, 2.75) is 6.92 Å². The highest BCUT2D eigenvalue weighted by atomic mass is 79.9. The van der Waals surface area contributed by atoms with Crippen LogP contribution in [0.1, 0.15) is 5.82 Å². The molecule has 0 radical (unpaired) electrons. The maximum absolute atomic E-state index is 4.43. The topological polar surface area (TPSA) is 49.8 Å². The Kier molecular flexibility index (Phi) is 4.34. The van der Waals surface area contributed by atoms with E-state index in [-0.39, 0.29) is 0 Å². The predicted octanol–water partition coefficient (Wildman–Crippen LogP) is 5.03. The number of anilines is 4. The molecule has 1 heterocycles. The molecule has 1 aromatic heterocycles. The Bertz CT molecular complexity index is 775. The molecule has 0 aliphatic rings. The van der Waals surface area contributed by atoms with Gasteiger partial charge in [0.25, 0.3) is 0 Å². The molecule has 0 aliphatic heterocycles. The quantitative estimate of drug-likeness (QED) is 0.689. The second-order valence-corrected chi connectivity index (χ2v) is 5.64. The van der Waals surface area contributed by atoms with Crippen LogP contribution in [0.2, 0.25) is 0 Å². The van der Waals surface area contributed by atoms with E-state index in [1.165, 1.54) is 0 Å². The first-order valence-electron chi connectivity index (χ1n) is 6.90. The maximum atomic E-state index is 4.43. The lowest BCUT2D eigenvalue weighted by Crippen LogP contribution is -2.01. The van der Waals surface area contributed by atoms with Gasteiger partial charge in [0.15, 0.2) is 0 Å². The summed E-state index contributed by atoms with van der Waals surface area (Å²) in [5.41, 5.74) is 1.96. The highest BCUT2D eigenvalue weighted by molar-refractivity contribution is 9.10. The third-order valence-corrected chi connectivity index (χ3v) is 3.71. The maximum Gasteiger partial charge on any atom is 0.136 e. The fourth-order valence-electron chi connectivity index (χ4n) is 2.07. The molecular formula is C17H15BrN4. The van der Waals surface area contributed by atoms with Crippen LogP contribution in [0.5, 0.6) is 0 Å². The zero-order valence-corrected chi connectivity index (χ0v) is 13.6. The third-order valence-electron chi connectivity index (χ3n) is 3.02. The Morgan fingerprint density at radius 1 is 0.818 bits per heavy atom. The van der Waals surface area contributed by atoms with Crippen molar-refractivity contribution < 1.29 is 0 Å². The summed E-state index contributed by atoms with van der Waals surface area (Å²) in [5.74, 6) is 2.21. The molecule has 2 N–H and O–H groups in total. The van der Waals surface area contributed by atoms with Gasteiger partial charge < -0.3 is 10.6 Å². The van der Waals surface area contributed by atoms with Crippen molar-refractivity contribution >= 4 is 38.9 Å². The van der Waals surface area contributed by atoms with E-state index in [0.29, 0.717) is 5.82 Å². The van der Waals surface area contributed by atoms with Crippen LogP contribution in [-0.2, 0) is 0 Å². The van der Waals surface area contributed by atoms with Crippen LogP contribution < -0.4 is 10.6 Å². The van der Waals surface area contributed by atoms with Crippen molar-refractivity contribution in [2.75, 3.05) is 10.6 Å². The number of hydrogen-bond donors (Lipinski definition) is 2. The Balaban J connectivity index is 1.85. The van der Waals surface area contributed by atoms with Crippen molar-refractivity contribution in [3.05, 3.63) is 71.0 Å². The summed E-state index contributed by atoms with van der Waals surface area (Å²) < 4.78 is 0.990. The number of nitrogens with zero attached hydrogens (tertiary/aromatic N) is 2. The number of aryl methyl sites for hydroxylation is 1. The molecule has 0 amide bonds. The van der Waals surface area contributed by atoms with Gasteiger partial charge in [0.05, 0.1) is 5.69 Å². The van der Waals surface area contributed by atoms with Gasteiger partial charge in [-0.3, -0.25) is 0 Å². The summed E-state index contributed by atoms with van der Waals surface area (Å²) in [6.45, 7) is 1.88. The second-order valence-electron chi connectivity index (χ2n) is 4.78. The van der Waals surface area contributed by atoms with Gasteiger partial charge in [-0.25, -0.2) is 9.97 Å². The van der Waals surface area contributed by atoms with Crippen LogP contribution in [-0.4, -0.2) is 9.97 Å². The van der Waals surface area contributed by atoms with Crippen LogP contribution in [0.4, 0.5) is 23.0 Å². The first-order valence-corrected chi connectivity index (χ1v) is 7.69. The highest BCUT2D eigenvalue weighted by Crippen LogP contribution is 2.26. The molecule has 5 heteroatoms. The van der Waals surface area contributed by atoms with E-state index >= 15 is 0 Å². The SMILES string of the molecule is Cc1nc(Nc2ccccc2)cc(Nc2ccccc2Br)n1. The molecule has 3 aromatic rings. The van der Waals surface area contributed by atoms with Crippen LogP contribution in [0.25, 0.3) is 0 Å². The number of nitrogens with one attached hydrogen (secondary N) is 2. The Labute approximate surface area is 137 Å². The van der Waals surface area contributed by atoms with Gasteiger partial charge in [-0.1, -0.05) is 30.3 Å². The summed E-state index contributed by atoms with van der Waals surface area (Å²) in [4.78, 5) is 8.85. The number of halogens is 1. The van der Waals surface area contributed by atoms with E-state index in [1.807, 2.05) is 67.6 Å². The predicted molar refractivity (Wildman–Crippen MR) is 93.9 cm³/mol. The number of hydrogen-bond acceptors (Lipinski definition) is 4. The van der Waals surface area contributed by atoms with Crippen molar-refractivity contribution in [2.24, 2.45) is 0 Å². The van der Waals surface area contributed by atoms with Crippen LogP contribution in [0.15, 0.2) is 65.1 Å². The highest BCUT2D eigenvalue weighted by Gasteiger charge is 2.05. The average molecular weight is 355 g/mol. The molecule has 110 valence electrons. The zero-order chi connectivity index (χ0) is 15.4. The molecule has 0 spiro atoms. The smallest absolute Gasteiger partial charge is 0.136 e. The fourth-order valence-corrected chi connectivity index (χ4v) is 2.45. The minimum absolute atomic E-state index is 0.704. The Morgan fingerprint density at radius 3 is 2.18 bits per heavy atom. The first kappa shape index (κ1) is 14.5. The van der Waals surface area contributed by atoms with Gasteiger partial charge in [-0.2, -0.15) is 0 Å². The third kappa shape index (κ3) is 3.62. The summed E-state index contributed by atoms with van der Waals surface area (Å²) in [6.07, 6.45) is 0. The van der Waals surface area contributed by atoms with Gasteiger partial charge in [-0.05, 0) is 47.1 Å². The summed E-state index contributed by atoms with van der Waals surface area (Å²) in [7, 11) is 0. The molecule has 4 nitrogen and oxygen atoms in total. The lowest BCUT2D eigenvalue weighted by molar-refractivity contribution is 1.06. The molecule has 0 unspecified atom stereocenters. The van der Waals surface area contributed by atoms with Crippen molar-refractivity contribution in [3.8, 4) is 0 Å². The molecule has 0 bridgehead atoms. The molecule has 2 aromatic carbocycles. The second kappa shape index (κ2) is 6.58. The standard InChI is InChI=1S/C17H15BrN4/c1-12-19-16(21-13-7-3-2-4-8-13)11-17(20-12)22-15-10-6-5-9-14(15)18/h2-11H,1H3,(H2,19,20,21,22). The lowest BCUT2D eigenvalue weighted by atomic mass is 10.3. The van der Waals surface area contributed by atoms with E-state index in [2.05, 4.69) is 36.5 Å². The molecule has 0 fully saturated rings. The van der Waals surface area contributed by atoms with Crippen molar-refractivity contribution in [1.82, 2.24) is 9.97 Å². The van der Waals surface area contributed by atoms with E-state index in [9.17, 15) is 0 Å². The summed E-state index contributed by atoms with van der Waals surface area (Å²) in [6, 6.07) is 19.8. The van der Waals surface area contributed by atoms with E-state index in [0.717, 1.165) is 27.5 Å². The van der Waals surface area contributed by atoms with Gasteiger partial charge in [0.1, 0.15) is 17.5 Å². The number of rotatable bonds is 4. The van der Waals surface area contributed by atoms with E-state index in [1.54, 1.807) is 0 Å². The van der Waals surface area contributed by atoms with Crippen LogP contribution in [0.3, 0.4) is 0 Å². The van der Waals surface area contributed by atoms with Gasteiger partial charge >= 0.3 is 0 Å². The molecule has 0 aliphatic carbocycles. The van der Waals surface area contributed by atoms with E-state index < -0.39 is 0 Å². The molecule has 22 heavy (non-hydrogen) atoms. The summed E-state index contributed by atoms with van der Waals surface area (Å²) in [5, 5.41) is 6.58. The fraction of sp³-hybridized carbons (Fsp3) is 0.0588. The monoisotopic (exact) mass is 354 g/mol. The van der Waals surface area contributed by atoms with Gasteiger partial charge in [0.2, 0.25) is 0 Å².